The lowest BCUT2D eigenvalue weighted by Gasteiger charge is -2.01. The molecule has 0 bridgehead atoms. The summed E-state index contributed by atoms with van der Waals surface area (Å²) in [5.74, 6) is 0. The van der Waals surface area contributed by atoms with Crippen LogP contribution in [-0.2, 0) is 0 Å². The van der Waals surface area contributed by atoms with Crippen molar-refractivity contribution in [3.63, 3.8) is 0 Å². The summed E-state index contributed by atoms with van der Waals surface area (Å²) >= 11 is 0. The first-order valence-corrected chi connectivity index (χ1v) is 18.2. The minimum absolute atomic E-state index is 0.594. The van der Waals surface area contributed by atoms with Gasteiger partial charge in [-0.2, -0.15) is 0 Å². The third-order valence-electron chi connectivity index (χ3n) is 7.68. The molecule has 1 amide bonds. The van der Waals surface area contributed by atoms with Gasteiger partial charge in [0.2, 0.25) is 0 Å². The SMILES string of the molecule is CCCCCCCC/C=C\CCCCCCCCN.CCCCCCCC/C=C\CCCCCCCCNC(=O)O. The Kier molecular flexibility index (Phi) is 41.7. The monoisotopic (exact) mass is 579 g/mol. The molecule has 0 aliphatic carbocycles. The Labute approximate surface area is 257 Å². The lowest BCUT2D eigenvalue weighted by atomic mass is 10.1. The Hall–Kier alpha value is -1.29. The number of amides is 1. The molecule has 0 aromatic heterocycles. The van der Waals surface area contributed by atoms with Crippen LogP contribution < -0.4 is 11.1 Å². The zero-order valence-corrected chi connectivity index (χ0v) is 28.0. The van der Waals surface area contributed by atoms with Crippen molar-refractivity contribution in [1.29, 1.82) is 0 Å². The van der Waals surface area contributed by atoms with Crippen molar-refractivity contribution in [1.82, 2.24) is 5.32 Å². The molecule has 4 heteroatoms. The Bertz CT molecular complexity index is 533. The second kappa shape index (κ2) is 40.8. The fourth-order valence-electron chi connectivity index (χ4n) is 4.96. The molecule has 0 atom stereocenters. The van der Waals surface area contributed by atoms with E-state index in [1.165, 1.54) is 167 Å². The highest BCUT2D eigenvalue weighted by molar-refractivity contribution is 5.64. The molecule has 0 heterocycles. The van der Waals surface area contributed by atoms with E-state index in [0.717, 1.165) is 19.4 Å². The number of unbranched alkanes of at least 4 members (excludes halogenated alkanes) is 24. The molecule has 0 rings (SSSR count). The van der Waals surface area contributed by atoms with E-state index in [9.17, 15) is 4.79 Å². The summed E-state index contributed by atoms with van der Waals surface area (Å²) in [5, 5.41) is 10.8. The van der Waals surface area contributed by atoms with E-state index in [4.69, 9.17) is 10.8 Å². The van der Waals surface area contributed by atoms with Crippen LogP contribution in [0.15, 0.2) is 24.3 Å². The van der Waals surface area contributed by atoms with Crippen molar-refractivity contribution < 1.29 is 9.90 Å². The fraction of sp³-hybridized carbons (Fsp3) is 0.865. The highest BCUT2D eigenvalue weighted by Crippen LogP contribution is 2.11. The van der Waals surface area contributed by atoms with E-state index in [0.29, 0.717) is 6.54 Å². The number of carboxylic acid groups (broad SMARTS) is 1. The highest BCUT2D eigenvalue weighted by Gasteiger charge is 1.94. The zero-order valence-electron chi connectivity index (χ0n) is 28.0. The summed E-state index contributed by atoms with van der Waals surface area (Å²) in [6.07, 6.45) is 45.6. The molecule has 0 aliphatic rings. The summed E-state index contributed by atoms with van der Waals surface area (Å²) in [6.45, 7) is 6.00. The van der Waals surface area contributed by atoms with Crippen molar-refractivity contribution in [3.05, 3.63) is 24.3 Å². The van der Waals surface area contributed by atoms with Gasteiger partial charge in [-0.3, -0.25) is 0 Å². The van der Waals surface area contributed by atoms with Crippen LogP contribution >= 0.6 is 0 Å². The molecule has 0 spiro atoms. The van der Waals surface area contributed by atoms with Crippen LogP contribution in [0.3, 0.4) is 0 Å². The minimum atomic E-state index is -0.909. The fourth-order valence-corrected chi connectivity index (χ4v) is 4.96. The number of carbonyl (C=O) groups is 1. The number of hydrogen-bond donors (Lipinski definition) is 3. The van der Waals surface area contributed by atoms with Crippen LogP contribution in [0.25, 0.3) is 0 Å². The molecule has 4 N–H and O–H groups in total. The number of hydrogen-bond acceptors (Lipinski definition) is 2. The lowest BCUT2D eigenvalue weighted by molar-refractivity contribution is 0.194. The van der Waals surface area contributed by atoms with E-state index in [2.05, 4.69) is 43.5 Å². The van der Waals surface area contributed by atoms with Gasteiger partial charge in [0.05, 0.1) is 0 Å². The summed E-state index contributed by atoms with van der Waals surface area (Å²) in [4.78, 5) is 10.2. The number of rotatable bonds is 31. The van der Waals surface area contributed by atoms with Crippen LogP contribution in [0.2, 0.25) is 0 Å². The van der Waals surface area contributed by atoms with Crippen LogP contribution in [0, 0.1) is 0 Å². The van der Waals surface area contributed by atoms with Crippen LogP contribution in [0.1, 0.15) is 194 Å². The largest absolute Gasteiger partial charge is 0.465 e. The molecular weight excluding hydrogens is 504 g/mol. The molecular formula is C37H74N2O2. The standard InChI is InChI=1S/C19H37NO2.C18H37N/c1-2-3-4-5-6-7-8-9-10-11-12-13-14-15-16-17-18-20-19(21)22;1-2-3-4-5-6-7-8-9-10-11-12-13-14-15-16-17-18-19/h9-10,20H,2-8,11-18H2,1H3,(H,21,22);9-10H,2-8,11-19H2,1H3/b2*10-9-. The highest BCUT2D eigenvalue weighted by atomic mass is 16.4. The van der Waals surface area contributed by atoms with Gasteiger partial charge in [0.1, 0.15) is 0 Å². The molecule has 0 saturated heterocycles. The molecule has 41 heavy (non-hydrogen) atoms. The van der Waals surface area contributed by atoms with Crippen LogP contribution in [0.4, 0.5) is 4.79 Å². The lowest BCUT2D eigenvalue weighted by Crippen LogP contribution is -2.21. The Morgan fingerprint density at radius 2 is 0.780 bits per heavy atom. The Morgan fingerprint density at radius 3 is 1.10 bits per heavy atom. The van der Waals surface area contributed by atoms with Crippen molar-refractivity contribution in [2.75, 3.05) is 13.1 Å². The van der Waals surface area contributed by atoms with E-state index >= 15 is 0 Å². The smallest absolute Gasteiger partial charge is 0.404 e. The van der Waals surface area contributed by atoms with Crippen molar-refractivity contribution >= 4 is 6.09 Å². The Morgan fingerprint density at radius 1 is 0.488 bits per heavy atom. The maximum absolute atomic E-state index is 10.2. The molecule has 0 unspecified atom stereocenters. The second-order valence-corrected chi connectivity index (χ2v) is 11.9. The summed E-state index contributed by atoms with van der Waals surface area (Å²) < 4.78 is 0. The molecule has 0 radical (unpaired) electrons. The molecule has 4 nitrogen and oxygen atoms in total. The van der Waals surface area contributed by atoms with Gasteiger partial charge < -0.3 is 16.2 Å². The van der Waals surface area contributed by atoms with Crippen LogP contribution in [-0.4, -0.2) is 24.3 Å². The maximum Gasteiger partial charge on any atom is 0.404 e. The number of allylic oxidation sites excluding steroid dienone is 4. The molecule has 0 aliphatic heterocycles. The molecule has 0 aromatic carbocycles. The summed E-state index contributed by atoms with van der Waals surface area (Å²) in [5.41, 5.74) is 5.47. The first-order valence-electron chi connectivity index (χ1n) is 18.2. The van der Waals surface area contributed by atoms with Gasteiger partial charge in [-0.1, -0.05) is 154 Å². The second-order valence-electron chi connectivity index (χ2n) is 11.9. The van der Waals surface area contributed by atoms with Crippen molar-refractivity contribution in [2.24, 2.45) is 5.73 Å². The normalized spacial score (nSPS) is 11.3. The predicted octanol–water partition coefficient (Wildman–Crippen LogP) is 12.3. The van der Waals surface area contributed by atoms with Gasteiger partial charge in [-0.25, -0.2) is 4.79 Å². The number of nitrogens with one attached hydrogen (secondary N) is 1. The minimum Gasteiger partial charge on any atom is -0.465 e. The molecule has 0 aromatic rings. The van der Waals surface area contributed by atoms with E-state index in [1.807, 2.05) is 0 Å². The first kappa shape index (κ1) is 41.8. The van der Waals surface area contributed by atoms with Gasteiger partial charge in [0.25, 0.3) is 0 Å². The maximum atomic E-state index is 10.2. The Balaban J connectivity index is 0. The van der Waals surface area contributed by atoms with Crippen LogP contribution in [0.5, 0.6) is 0 Å². The average Bonchev–Trinajstić information content (AvgIpc) is 2.97. The van der Waals surface area contributed by atoms with E-state index in [1.54, 1.807) is 0 Å². The van der Waals surface area contributed by atoms with E-state index in [-0.39, 0.29) is 0 Å². The summed E-state index contributed by atoms with van der Waals surface area (Å²) in [6, 6.07) is 0. The zero-order chi connectivity index (χ0) is 30.3. The van der Waals surface area contributed by atoms with E-state index < -0.39 is 6.09 Å². The van der Waals surface area contributed by atoms with Crippen molar-refractivity contribution in [3.8, 4) is 0 Å². The molecule has 0 fully saturated rings. The molecule has 0 saturated carbocycles. The third kappa shape index (κ3) is 45.9. The van der Waals surface area contributed by atoms with Crippen molar-refractivity contribution in [2.45, 2.75) is 194 Å². The van der Waals surface area contributed by atoms with Gasteiger partial charge in [-0.15, -0.1) is 0 Å². The predicted molar refractivity (Wildman–Crippen MR) is 184 cm³/mol. The van der Waals surface area contributed by atoms with Gasteiger partial charge in [-0.05, 0) is 70.8 Å². The molecule has 244 valence electrons. The quantitative estimate of drug-likeness (QED) is 0.0565. The van der Waals surface area contributed by atoms with Gasteiger partial charge >= 0.3 is 6.09 Å². The summed E-state index contributed by atoms with van der Waals surface area (Å²) in [7, 11) is 0. The number of nitrogens with two attached hydrogens (primary N) is 1. The average molecular weight is 579 g/mol. The van der Waals surface area contributed by atoms with Gasteiger partial charge in [0.15, 0.2) is 0 Å². The third-order valence-corrected chi connectivity index (χ3v) is 7.68. The first-order chi connectivity index (χ1) is 20.2. The topological polar surface area (TPSA) is 75.3 Å². The van der Waals surface area contributed by atoms with Gasteiger partial charge in [0, 0.05) is 6.54 Å².